The number of halogens is 3. The Kier molecular flexibility index (Phi) is 7.65. The minimum absolute atomic E-state index is 0.187. The lowest BCUT2D eigenvalue weighted by molar-refractivity contribution is -0.137. The maximum atomic E-state index is 12.9. The van der Waals surface area contributed by atoms with Crippen LogP contribution in [0.15, 0.2) is 36.9 Å². The van der Waals surface area contributed by atoms with Crippen LogP contribution < -0.4 is 4.90 Å². The first kappa shape index (κ1) is 21.2. The van der Waals surface area contributed by atoms with Crippen molar-refractivity contribution in [1.82, 2.24) is 14.8 Å². The summed E-state index contributed by atoms with van der Waals surface area (Å²) in [6.45, 7) is 5.18. The van der Waals surface area contributed by atoms with Crippen LogP contribution in [0.4, 0.5) is 18.9 Å². The van der Waals surface area contributed by atoms with E-state index in [-0.39, 0.29) is 12.1 Å². The molecule has 0 saturated carbocycles. The van der Waals surface area contributed by atoms with Crippen molar-refractivity contribution >= 4 is 5.69 Å². The summed E-state index contributed by atoms with van der Waals surface area (Å²) in [4.78, 5) is 5.63. The van der Waals surface area contributed by atoms with E-state index >= 15 is 0 Å². The second kappa shape index (κ2) is 9.73. The topological polar surface area (TPSA) is 54.2 Å². The van der Waals surface area contributed by atoms with Gasteiger partial charge in [0.05, 0.1) is 18.2 Å². The number of anilines is 1. The van der Waals surface area contributed by atoms with Gasteiger partial charge in [-0.1, -0.05) is 19.1 Å². The van der Waals surface area contributed by atoms with Crippen molar-refractivity contribution in [3.05, 3.63) is 42.5 Å². The van der Waals surface area contributed by atoms with Crippen LogP contribution in [0.3, 0.4) is 0 Å². The van der Waals surface area contributed by atoms with Crippen LogP contribution in [0.1, 0.15) is 45.1 Å². The van der Waals surface area contributed by atoms with Crippen LogP contribution in [0.5, 0.6) is 0 Å². The summed E-state index contributed by atoms with van der Waals surface area (Å²) in [5.74, 6) is 0. The molecule has 0 amide bonds. The Balaban J connectivity index is 0.000000223. The van der Waals surface area contributed by atoms with Crippen molar-refractivity contribution in [3.8, 4) is 0 Å². The molecule has 2 aromatic rings. The molecular formula is C19H27F3N4O. The predicted octanol–water partition coefficient (Wildman–Crippen LogP) is 4.13. The van der Waals surface area contributed by atoms with Crippen LogP contribution in [-0.4, -0.2) is 38.6 Å². The molecule has 150 valence electrons. The smallest absolute Gasteiger partial charge is 0.391 e. The van der Waals surface area contributed by atoms with Gasteiger partial charge in [0.15, 0.2) is 0 Å². The van der Waals surface area contributed by atoms with E-state index in [1.165, 1.54) is 12.4 Å². The Labute approximate surface area is 157 Å². The zero-order chi connectivity index (χ0) is 19.9. The average Bonchev–Trinajstić information content (AvgIpc) is 3.15. The van der Waals surface area contributed by atoms with Gasteiger partial charge in [-0.2, -0.15) is 18.3 Å². The molecule has 2 unspecified atom stereocenters. The van der Waals surface area contributed by atoms with E-state index in [9.17, 15) is 13.2 Å². The van der Waals surface area contributed by atoms with E-state index in [2.05, 4.69) is 10.1 Å². The standard InChI is InChI=1S/C13H16F3N.C6H11N3O/c1-10-6-4-5-9-17(10)12-8-3-2-7-11(12)13(14,15)16;1-2-6(10)3-9-5-7-4-8-9/h2-3,7-8,10H,4-6,9H2,1H3;4-6,10H,2-3H2,1H3. The van der Waals surface area contributed by atoms with Crippen molar-refractivity contribution in [1.29, 1.82) is 0 Å². The lowest BCUT2D eigenvalue weighted by atomic mass is 10.0. The molecule has 1 aliphatic rings. The number of rotatable bonds is 4. The van der Waals surface area contributed by atoms with E-state index in [0.29, 0.717) is 18.8 Å². The number of hydrogen-bond acceptors (Lipinski definition) is 4. The van der Waals surface area contributed by atoms with Gasteiger partial charge < -0.3 is 10.0 Å². The maximum absolute atomic E-state index is 12.9. The van der Waals surface area contributed by atoms with Gasteiger partial charge in [0.2, 0.25) is 0 Å². The highest BCUT2D eigenvalue weighted by Gasteiger charge is 2.35. The van der Waals surface area contributed by atoms with Gasteiger partial charge >= 0.3 is 6.18 Å². The monoisotopic (exact) mass is 384 g/mol. The Bertz CT molecular complexity index is 676. The second-order valence-corrected chi connectivity index (χ2v) is 6.73. The minimum Gasteiger partial charge on any atom is -0.391 e. The highest BCUT2D eigenvalue weighted by Crippen LogP contribution is 2.38. The van der Waals surface area contributed by atoms with E-state index in [0.717, 1.165) is 31.7 Å². The summed E-state index contributed by atoms with van der Waals surface area (Å²) in [5.41, 5.74) is -0.194. The van der Waals surface area contributed by atoms with Gasteiger partial charge in [-0.25, -0.2) is 4.98 Å². The first-order valence-electron chi connectivity index (χ1n) is 9.26. The Hall–Kier alpha value is -2.09. The summed E-state index contributed by atoms with van der Waals surface area (Å²) in [5, 5.41) is 13.0. The van der Waals surface area contributed by atoms with Gasteiger partial charge in [0.25, 0.3) is 0 Å². The first-order valence-corrected chi connectivity index (χ1v) is 9.26. The average molecular weight is 384 g/mol. The van der Waals surface area contributed by atoms with Gasteiger partial charge in [-0.3, -0.25) is 4.68 Å². The Morgan fingerprint density at radius 3 is 2.59 bits per heavy atom. The predicted molar refractivity (Wildman–Crippen MR) is 98.4 cm³/mol. The molecule has 1 aromatic carbocycles. The lowest BCUT2D eigenvalue weighted by Crippen LogP contribution is -2.38. The molecule has 0 aliphatic carbocycles. The SMILES string of the molecule is CC1CCCCN1c1ccccc1C(F)(F)F.CCC(O)Cn1cncn1. The van der Waals surface area contributed by atoms with Gasteiger partial charge in [0.1, 0.15) is 12.7 Å². The third-order valence-electron chi connectivity index (χ3n) is 4.66. The maximum Gasteiger partial charge on any atom is 0.418 e. The third-order valence-corrected chi connectivity index (χ3v) is 4.66. The minimum atomic E-state index is -4.27. The summed E-state index contributed by atoms with van der Waals surface area (Å²) < 4.78 is 40.3. The molecule has 1 aromatic heterocycles. The molecule has 8 heteroatoms. The summed E-state index contributed by atoms with van der Waals surface area (Å²) in [6.07, 6.45) is 2.27. The molecule has 2 atom stereocenters. The largest absolute Gasteiger partial charge is 0.418 e. The van der Waals surface area contributed by atoms with E-state index < -0.39 is 11.7 Å². The van der Waals surface area contributed by atoms with Crippen molar-refractivity contribution in [2.75, 3.05) is 11.4 Å². The van der Waals surface area contributed by atoms with Gasteiger partial charge in [-0.05, 0) is 44.7 Å². The van der Waals surface area contributed by atoms with E-state index in [1.54, 1.807) is 23.1 Å². The van der Waals surface area contributed by atoms with E-state index in [4.69, 9.17) is 5.11 Å². The fourth-order valence-electron chi connectivity index (χ4n) is 3.09. The molecule has 1 N–H and O–H groups in total. The number of aliphatic hydroxyl groups is 1. The number of alkyl halides is 3. The second-order valence-electron chi connectivity index (χ2n) is 6.73. The van der Waals surface area contributed by atoms with Crippen molar-refractivity contribution in [2.45, 2.75) is 64.4 Å². The summed E-state index contributed by atoms with van der Waals surface area (Å²) >= 11 is 0. The molecule has 0 bridgehead atoms. The van der Waals surface area contributed by atoms with Crippen LogP contribution in [0, 0.1) is 0 Å². The summed E-state index contributed by atoms with van der Waals surface area (Å²) in [7, 11) is 0. The molecule has 1 fully saturated rings. The molecular weight excluding hydrogens is 357 g/mol. The van der Waals surface area contributed by atoms with Crippen molar-refractivity contribution in [2.24, 2.45) is 0 Å². The Morgan fingerprint density at radius 1 is 1.26 bits per heavy atom. The number of piperidine rings is 1. The zero-order valence-electron chi connectivity index (χ0n) is 15.7. The van der Waals surface area contributed by atoms with Gasteiger partial charge in [0, 0.05) is 18.3 Å². The molecule has 1 aliphatic heterocycles. The zero-order valence-corrected chi connectivity index (χ0v) is 15.7. The number of hydrogen-bond donors (Lipinski definition) is 1. The highest BCUT2D eigenvalue weighted by atomic mass is 19.4. The van der Waals surface area contributed by atoms with Crippen LogP contribution >= 0.6 is 0 Å². The molecule has 27 heavy (non-hydrogen) atoms. The molecule has 3 rings (SSSR count). The number of nitrogens with zero attached hydrogens (tertiary/aromatic N) is 4. The third kappa shape index (κ3) is 6.23. The fraction of sp³-hybridized carbons (Fsp3) is 0.579. The fourth-order valence-corrected chi connectivity index (χ4v) is 3.09. The van der Waals surface area contributed by atoms with Crippen LogP contribution in [0.2, 0.25) is 0 Å². The normalized spacial score (nSPS) is 18.6. The van der Waals surface area contributed by atoms with Crippen molar-refractivity contribution < 1.29 is 18.3 Å². The van der Waals surface area contributed by atoms with Gasteiger partial charge in [-0.15, -0.1) is 0 Å². The molecule has 5 nitrogen and oxygen atoms in total. The molecule has 0 spiro atoms. The number of benzene rings is 1. The number of aliphatic hydroxyl groups excluding tert-OH is 1. The highest BCUT2D eigenvalue weighted by molar-refractivity contribution is 5.56. The number of aromatic nitrogens is 3. The Morgan fingerprint density at radius 2 is 2.00 bits per heavy atom. The molecule has 0 radical (unpaired) electrons. The molecule has 1 saturated heterocycles. The van der Waals surface area contributed by atoms with Crippen LogP contribution in [-0.2, 0) is 12.7 Å². The number of para-hydroxylation sites is 1. The lowest BCUT2D eigenvalue weighted by Gasteiger charge is -2.36. The quantitative estimate of drug-likeness (QED) is 0.861. The summed E-state index contributed by atoms with van der Waals surface area (Å²) in [6, 6.07) is 6.04. The molecule has 2 heterocycles. The van der Waals surface area contributed by atoms with Crippen molar-refractivity contribution in [3.63, 3.8) is 0 Å². The van der Waals surface area contributed by atoms with E-state index in [1.807, 2.05) is 18.7 Å². The van der Waals surface area contributed by atoms with Crippen LogP contribution in [0.25, 0.3) is 0 Å². The first-order chi connectivity index (χ1) is 12.8.